The number of benzene rings is 9. The van der Waals surface area contributed by atoms with Crippen LogP contribution in [0.4, 0.5) is 0 Å². The maximum Gasteiger partial charge on any atom is 0.262 e. The Morgan fingerprint density at radius 3 is 0.730 bits per heavy atom. The minimum atomic E-state index is -0.902. The van der Waals surface area contributed by atoms with Gasteiger partial charge in [-0.15, -0.1) is 0 Å². The van der Waals surface area contributed by atoms with Crippen LogP contribution in [0.2, 0.25) is 0 Å². The van der Waals surface area contributed by atoms with Gasteiger partial charge in [-0.2, -0.15) is 0 Å². The zero-order valence-corrected chi connectivity index (χ0v) is 72.4. The van der Waals surface area contributed by atoms with Crippen LogP contribution in [0.25, 0.3) is 43.1 Å². The smallest absolute Gasteiger partial charge is 0.262 e. The van der Waals surface area contributed by atoms with Crippen molar-refractivity contribution in [3.05, 3.63) is 164 Å². The molecule has 6 aliphatic rings. The van der Waals surface area contributed by atoms with Crippen molar-refractivity contribution in [3.8, 4) is 46.0 Å². The zero-order chi connectivity index (χ0) is 87.1. The second-order valence-corrected chi connectivity index (χ2v) is 37.2. The molecule has 9 aromatic rings. The van der Waals surface area contributed by atoms with Gasteiger partial charge in [0.2, 0.25) is 35.4 Å². The van der Waals surface area contributed by atoms with Crippen molar-refractivity contribution in [1.29, 1.82) is 0 Å². The van der Waals surface area contributed by atoms with E-state index in [-0.39, 0.29) is 236 Å². The molecule has 122 heavy (non-hydrogen) atoms. The minimum absolute atomic E-state index is 0.0203. The summed E-state index contributed by atoms with van der Waals surface area (Å²) in [5, 5.41) is 12.9. The fraction of sp³-hybridized carbons (Fsp3) is 0.438. The highest BCUT2D eigenvalue weighted by Gasteiger charge is 2.44. The number of rotatable bonds is 32. The molecule has 640 valence electrons. The summed E-state index contributed by atoms with van der Waals surface area (Å²) in [7, 11) is 0. The van der Waals surface area contributed by atoms with Gasteiger partial charge in [-0.3, -0.25) is 57.7 Å². The summed E-state index contributed by atoms with van der Waals surface area (Å²) in [5.41, 5.74) is 5.06. The van der Waals surface area contributed by atoms with E-state index in [2.05, 4.69) is 104 Å². The molecule has 26 nitrogen and oxygen atoms in total. The molecule has 4 N–H and O–H groups in total. The van der Waals surface area contributed by atoms with E-state index < -0.39 is 48.5 Å². The summed E-state index contributed by atoms with van der Waals surface area (Å²) in [6.07, 6.45) is -1.26. The number of fused-ring (bicyclic) bond motifs is 2. The van der Waals surface area contributed by atoms with Gasteiger partial charge >= 0.3 is 0 Å². The van der Waals surface area contributed by atoms with Crippen molar-refractivity contribution >= 4 is 102 Å². The molecule has 6 aliphatic heterocycles. The van der Waals surface area contributed by atoms with Crippen LogP contribution in [0.3, 0.4) is 0 Å². The maximum atomic E-state index is 16.5. The molecule has 10 amide bonds. The van der Waals surface area contributed by atoms with Crippen LogP contribution in [0, 0.1) is 27.7 Å². The molecule has 4 saturated heterocycles. The first-order valence-electron chi connectivity index (χ1n) is 42.1. The molecule has 9 aromatic carbocycles. The molecule has 6 heterocycles. The van der Waals surface area contributed by atoms with Crippen LogP contribution in [-0.2, 0) is 69.4 Å². The van der Waals surface area contributed by atoms with E-state index in [1.165, 1.54) is 9.80 Å². The Hall–Kier alpha value is -11.6. The van der Waals surface area contributed by atoms with Crippen molar-refractivity contribution < 1.29 is 85.8 Å². The number of nitrogens with zero attached hydrogens (tertiary/aromatic N) is 4. The van der Waals surface area contributed by atoms with Crippen LogP contribution in [0.15, 0.2) is 97.1 Å². The van der Waals surface area contributed by atoms with E-state index >= 15 is 28.8 Å². The molecule has 0 radical (unpaired) electrons. The van der Waals surface area contributed by atoms with E-state index in [4.69, 9.17) is 37.9 Å². The van der Waals surface area contributed by atoms with Crippen molar-refractivity contribution in [2.75, 3.05) is 91.9 Å². The fourth-order valence-corrected chi connectivity index (χ4v) is 15.8. The summed E-state index contributed by atoms with van der Waals surface area (Å²) in [6.45, 7) is 33.3. The van der Waals surface area contributed by atoms with Crippen LogP contribution >= 0.6 is 0 Å². The van der Waals surface area contributed by atoms with Crippen molar-refractivity contribution in [2.45, 2.75) is 183 Å². The van der Waals surface area contributed by atoms with Gasteiger partial charge in [0.25, 0.3) is 23.6 Å². The number of hydrogen-bond acceptors (Lipinski definition) is 18. The average molecular weight is 1660 g/mol. The molecule has 0 saturated carbocycles. The first-order valence-corrected chi connectivity index (χ1v) is 42.1. The number of amides is 10. The highest BCUT2D eigenvalue weighted by Crippen LogP contribution is 2.59. The lowest BCUT2D eigenvalue weighted by Gasteiger charge is -2.33. The number of nitrogens with one attached hydrogen (secondary N) is 4. The Kier molecular flexibility index (Phi) is 23.3. The van der Waals surface area contributed by atoms with Gasteiger partial charge < -0.3 is 69.0 Å². The summed E-state index contributed by atoms with van der Waals surface area (Å²) in [5.74, 6) is -5.17. The topological polar surface area (TPSA) is 319 Å². The molecule has 15 rings (SSSR count). The standard InChI is InChI=1S/C96H108N8O18/c1-51-33-55(93(5,6)7)17-21-67(51)119-71-37-63-81-64(90(112)103(89(63)111)45-79(109)101(29-25-75(105)97-41-59-47-115-59)30-26-76(106)98-42-60-48-116-60)39-73(121-69-23-19-57(35-53(69)3)95(11,12)13)85-86-74(122-70-24-20-58(36-54(70)4)96(14,15)16)40-66-82-65(38-72(84(88(82)86)83(71)87(81)85)120-68-22-18-56(34-52(68)2)94(8,9)10)91(113)104(92(66)114)46-80(110)102(31-27-77(107)99-43-61-49-117-61)32-28-78(108)100-44-62-50-118-62/h17-24,33-40,59-62H,25-32,41-50H2,1-16H3,(H,97,105)(H,98,106)(H,99,107)(H,100,108). The van der Waals surface area contributed by atoms with Crippen molar-refractivity contribution in [1.82, 2.24) is 40.9 Å². The third-order valence-corrected chi connectivity index (χ3v) is 23.6. The highest BCUT2D eigenvalue weighted by atomic mass is 16.6. The molecule has 4 atom stereocenters. The number of aryl methyl sites for hydroxylation is 4. The van der Waals surface area contributed by atoms with E-state index in [9.17, 15) is 19.2 Å². The maximum absolute atomic E-state index is 16.5. The van der Waals surface area contributed by atoms with E-state index in [0.717, 1.165) is 32.1 Å². The zero-order valence-electron chi connectivity index (χ0n) is 72.4. The van der Waals surface area contributed by atoms with Gasteiger partial charge in [0, 0.05) is 121 Å². The molecule has 0 aromatic heterocycles. The summed E-state index contributed by atoms with van der Waals surface area (Å²) >= 11 is 0. The summed E-state index contributed by atoms with van der Waals surface area (Å²) in [4.78, 5) is 155. The summed E-state index contributed by atoms with van der Waals surface area (Å²) in [6, 6.07) is 29.4. The Bertz CT molecular complexity index is 5110. The molecule has 26 heteroatoms. The Balaban J connectivity index is 0.999. The van der Waals surface area contributed by atoms with Crippen LogP contribution in [0.5, 0.6) is 46.0 Å². The predicted molar refractivity (Wildman–Crippen MR) is 461 cm³/mol. The lowest BCUT2D eigenvalue weighted by atomic mass is 9.80. The van der Waals surface area contributed by atoms with Crippen LogP contribution < -0.4 is 40.2 Å². The second-order valence-electron chi connectivity index (χ2n) is 37.2. The van der Waals surface area contributed by atoms with Gasteiger partial charge in [-0.25, -0.2) is 0 Å². The molecule has 4 fully saturated rings. The number of imide groups is 2. The molecule has 0 aliphatic carbocycles. The fourth-order valence-electron chi connectivity index (χ4n) is 15.8. The normalized spacial score (nSPS) is 17.3. The molecule has 0 bridgehead atoms. The molecular weight excluding hydrogens is 1550 g/mol. The highest BCUT2D eigenvalue weighted by molar-refractivity contribution is 6.45. The molecule has 0 spiro atoms. The second kappa shape index (κ2) is 33.3. The number of hydrogen-bond donors (Lipinski definition) is 4. The quantitative estimate of drug-likeness (QED) is 0.0132. The lowest BCUT2D eigenvalue weighted by Crippen LogP contribution is -2.48. The Morgan fingerprint density at radius 1 is 0.328 bits per heavy atom. The van der Waals surface area contributed by atoms with Gasteiger partial charge in [0.1, 0.15) is 59.1 Å². The van der Waals surface area contributed by atoms with Crippen molar-refractivity contribution in [3.63, 3.8) is 0 Å². The van der Waals surface area contributed by atoms with E-state index in [1.807, 2.05) is 100 Å². The third-order valence-electron chi connectivity index (χ3n) is 23.6. The van der Waals surface area contributed by atoms with Crippen molar-refractivity contribution in [2.24, 2.45) is 0 Å². The summed E-state index contributed by atoms with van der Waals surface area (Å²) < 4.78 is 51.3. The Labute approximate surface area is 709 Å². The lowest BCUT2D eigenvalue weighted by molar-refractivity contribution is -0.134. The Morgan fingerprint density at radius 2 is 0.541 bits per heavy atom. The molecule has 4 unspecified atom stereocenters. The van der Waals surface area contributed by atoms with Gasteiger partial charge in [0.05, 0.1) is 73.1 Å². The predicted octanol–water partition coefficient (Wildman–Crippen LogP) is 13.8. The van der Waals surface area contributed by atoms with Gasteiger partial charge in [-0.05, 0) is 142 Å². The van der Waals surface area contributed by atoms with E-state index in [1.54, 1.807) is 24.3 Å². The SMILES string of the molecule is Cc1cc(C(C)(C)C)ccc1Oc1cc2c3c(cc(Oc4ccc(C(C)(C)C)cc4C)c4c5c(Oc6ccc(C(C)(C)C)cc6C)cc6c7c(cc(Oc8ccc(C(C)(C)C)cc8C)c(c1c34)c75)C(=O)N(CC(=O)N(CCC(=O)NCC1CO1)CCC(=O)NCC1CO1)C6=O)C(=O)N(CC(=O)N(CCC(=O)NCC1CO1)CCC(=O)NCC1CO1)C2=O. The molecular formula is C96H108N8O18. The average Bonchev–Trinajstić information content (AvgIpc) is 1.58. The third kappa shape index (κ3) is 18.4. The number of carbonyl (C=O) groups excluding carboxylic acids is 10. The monoisotopic (exact) mass is 1660 g/mol. The first kappa shape index (κ1) is 85.4. The minimum Gasteiger partial charge on any atom is -0.456 e. The van der Waals surface area contributed by atoms with Crippen LogP contribution in [-0.4, -0.2) is 195 Å². The first-order chi connectivity index (χ1) is 57.7. The number of epoxide rings is 4. The largest absolute Gasteiger partial charge is 0.456 e. The van der Waals surface area contributed by atoms with Gasteiger partial charge in [0.15, 0.2) is 0 Å². The number of ether oxygens (including phenoxy) is 8. The number of carbonyl (C=O) groups is 10. The van der Waals surface area contributed by atoms with Gasteiger partial charge in [-0.1, -0.05) is 132 Å². The van der Waals surface area contributed by atoms with E-state index in [0.29, 0.717) is 71.7 Å². The van der Waals surface area contributed by atoms with Crippen LogP contribution in [0.1, 0.15) is 195 Å².